The molecule has 1 unspecified atom stereocenters. The maximum Gasteiger partial charge on any atom is 0.165 e. The molecule has 2 nitrogen and oxygen atoms in total. The van der Waals surface area contributed by atoms with Gasteiger partial charge in [-0.05, 0) is 42.3 Å². The Morgan fingerprint density at radius 1 is 1.26 bits per heavy atom. The summed E-state index contributed by atoms with van der Waals surface area (Å²) >= 11 is 5.93. The Hall–Kier alpha value is -1.58. The Kier molecular flexibility index (Phi) is 4.40. The summed E-state index contributed by atoms with van der Waals surface area (Å²) in [5.41, 5.74) is 7.46. The second kappa shape index (κ2) is 6.04. The molecular weight excluding hydrogens is 265 g/mol. The number of ether oxygens (including phenoxy) is 1. The summed E-state index contributed by atoms with van der Waals surface area (Å²) in [7, 11) is 0. The first-order valence-electron chi connectivity index (χ1n) is 5.98. The van der Waals surface area contributed by atoms with Gasteiger partial charge in [0.25, 0.3) is 0 Å². The molecule has 100 valence electrons. The van der Waals surface area contributed by atoms with Crippen LogP contribution in [0.25, 0.3) is 0 Å². The number of hydrogen-bond acceptors (Lipinski definition) is 2. The van der Waals surface area contributed by atoms with Crippen molar-refractivity contribution in [2.75, 3.05) is 6.54 Å². The molecule has 0 heterocycles. The predicted octanol–water partition coefficient (Wildman–Crippen LogP) is 3.87. The van der Waals surface area contributed by atoms with E-state index in [4.69, 9.17) is 22.1 Å². The molecule has 0 amide bonds. The van der Waals surface area contributed by atoms with Crippen LogP contribution in [0.5, 0.6) is 5.75 Å². The zero-order chi connectivity index (χ0) is 13.8. The van der Waals surface area contributed by atoms with Crippen LogP contribution in [-0.2, 0) is 0 Å². The van der Waals surface area contributed by atoms with Crippen LogP contribution >= 0.6 is 11.6 Å². The zero-order valence-corrected chi connectivity index (χ0v) is 11.3. The minimum atomic E-state index is -0.421. The Labute approximate surface area is 117 Å². The topological polar surface area (TPSA) is 35.2 Å². The van der Waals surface area contributed by atoms with Crippen LogP contribution in [0.2, 0.25) is 5.02 Å². The van der Waals surface area contributed by atoms with Crippen molar-refractivity contribution in [3.05, 3.63) is 64.4 Å². The smallest absolute Gasteiger partial charge is 0.165 e. The van der Waals surface area contributed by atoms with Gasteiger partial charge in [0.15, 0.2) is 11.6 Å². The van der Waals surface area contributed by atoms with E-state index in [1.54, 1.807) is 24.3 Å². The SMILES string of the molecule is Cc1ccc(F)c(OC(CN)c2cccc(Cl)c2)c1. The van der Waals surface area contributed by atoms with Gasteiger partial charge in [-0.3, -0.25) is 0 Å². The molecule has 0 radical (unpaired) electrons. The normalized spacial score (nSPS) is 12.2. The second-order valence-corrected chi connectivity index (χ2v) is 4.77. The molecular formula is C15H15ClFNO. The van der Waals surface area contributed by atoms with Crippen LogP contribution < -0.4 is 10.5 Å². The molecule has 0 spiro atoms. The molecule has 0 saturated heterocycles. The zero-order valence-electron chi connectivity index (χ0n) is 10.6. The Bertz CT molecular complexity index is 574. The van der Waals surface area contributed by atoms with Gasteiger partial charge in [-0.2, -0.15) is 0 Å². The third-order valence-corrected chi connectivity index (χ3v) is 3.03. The van der Waals surface area contributed by atoms with Crippen LogP contribution in [0.1, 0.15) is 17.2 Å². The van der Waals surface area contributed by atoms with E-state index >= 15 is 0 Å². The third-order valence-electron chi connectivity index (χ3n) is 2.79. The number of halogens is 2. The predicted molar refractivity (Wildman–Crippen MR) is 75.0 cm³/mol. The quantitative estimate of drug-likeness (QED) is 0.922. The molecule has 0 fully saturated rings. The molecule has 19 heavy (non-hydrogen) atoms. The van der Waals surface area contributed by atoms with Gasteiger partial charge in [-0.1, -0.05) is 29.8 Å². The number of aryl methyl sites for hydroxylation is 1. The third kappa shape index (κ3) is 3.46. The highest BCUT2D eigenvalue weighted by Crippen LogP contribution is 2.26. The van der Waals surface area contributed by atoms with Crippen LogP contribution in [0.4, 0.5) is 4.39 Å². The summed E-state index contributed by atoms with van der Waals surface area (Å²) in [5, 5.41) is 0.601. The highest BCUT2D eigenvalue weighted by atomic mass is 35.5. The summed E-state index contributed by atoms with van der Waals surface area (Å²) < 4.78 is 19.3. The van der Waals surface area contributed by atoms with Crippen LogP contribution in [0.3, 0.4) is 0 Å². The molecule has 0 aromatic heterocycles. The van der Waals surface area contributed by atoms with Gasteiger partial charge in [0.2, 0.25) is 0 Å². The lowest BCUT2D eigenvalue weighted by atomic mass is 10.1. The summed E-state index contributed by atoms with van der Waals surface area (Å²) in [6, 6.07) is 11.9. The van der Waals surface area contributed by atoms with E-state index in [0.29, 0.717) is 5.02 Å². The van der Waals surface area contributed by atoms with Gasteiger partial charge >= 0.3 is 0 Å². The van der Waals surface area contributed by atoms with Crippen molar-refractivity contribution in [1.29, 1.82) is 0 Å². The Balaban J connectivity index is 2.26. The summed E-state index contributed by atoms with van der Waals surface area (Å²) in [4.78, 5) is 0. The van der Waals surface area contributed by atoms with E-state index in [9.17, 15) is 4.39 Å². The summed E-state index contributed by atoms with van der Waals surface area (Å²) in [6.45, 7) is 2.12. The minimum Gasteiger partial charge on any atom is -0.481 e. The van der Waals surface area contributed by atoms with Gasteiger partial charge in [-0.25, -0.2) is 4.39 Å². The molecule has 0 aliphatic rings. The molecule has 0 saturated carbocycles. The second-order valence-electron chi connectivity index (χ2n) is 4.33. The summed E-state index contributed by atoms with van der Waals surface area (Å²) in [5.74, 6) is -0.193. The van der Waals surface area contributed by atoms with Crippen molar-refractivity contribution < 1.29 is 9.13 Å². The van der Waals surface area contributed by atoms with Crippen LogP contribution in [-0.4, -0.2) is 6.54 Å². The fourth-order valence-electron chi connectivity index (χ4n) is 1.81. The average Bonchev–Trinajstić information content (AvgIpc) is 2.39. The van der Waals surface area contributed by atoms with Crippen LogP contribution in [0, 0.1) is 12.7 Å². The van der Waals surface area contributed by atoms with E-state index < -0.39 is 11.9 Å². The fraction of sp³-hybridized carbons (Fsp3) is 0.200. The van der Waals surface area contributed by atoms with Crippen molar-refractivity contribution in [2.45, 2.75) is 13.0 Å². The number of hydrogen-bond donors (Lipinski definition) is 1. The number of rotatable bonds is 4. The highest BCUT2D eigenvalue weighted by Gasteiger charge is 2.14. The van der Waals surface area contributed by atoms with E-state index in [1.165, 1.54) is 6.07 Å². The molecule has 2 aromatic rings. The molecule has 2 rings (SSSR count). The largest absolute Gasteiger partial charge is 0.481 e. The monoisotopic (exact) mass is 279 g/mol. The molecule has 0 aliphatic carbocycles. The first kappa shape index (κ1) is 13.8. The maximum atomic E-state index is 13.7. The lowest BCUT2D eigenvalue weighted by Crippen LogP contribution is -2.19. The van der Waals surface area contributed by atoms with E-state index in [-0.39, 0.29) is 12.3 Å². The van der Waals surface area contributed by atoms with Crippen molar-refractivity contribution in [3.8, 4) is 5.75 Å². The molecule has 2 N–H and O–H groups in total. The van der Waals surface area contributed by atoms with Crippen molar-refractivity contribution >= 4 is 11.6 Å². The first-order valence-corrected chi connectivity index (χ1v) is 6.36. The fourth-order valence-corrected chi connectivity index (χ4v) is 2.01. The van der Waals surface area contributed by atoms with Crippen molar-refractivity contribution in [2.24, 2.45) is 5.73 Å². The highest BCUT2D eigenvalue weighted by molar-refractivity contribution is 6.30. The molecule has 0 aliphatic heterocycles. The Morgan fingerprint density at radius 2 is 2.05 bits per heavy atom. The van der Waals surface area contributed by atoms with Gasteiger partial charge in [-0.15, -0.1) is 0 Å². The van der Waals surface area contributed by atoms with Crippen molar-refractivity contribution in [1.82, 2.24) is 0 Å². The maximum absolute atomic E-state index is 13.7. The number of nitrogens with two attached hydrogens (primary N) is 1. The van der Waals surface area contributed by atoms with E-state index in [0.717, 1.165) is 11.1 Å². The standard InChI is InChI=1S/C15H15ClFNO/c1-10-5-6-13(17)14(7-10)19-15(9-18)11-3-2-4-12(16)8-11/h2-8,15H,9,18H2,1H3. The van der Waals surface area contributed by atoms with Gasteiger partial charge in [0.05, 0.1) is 0 Å². The van der Waals surface area contributed by atoms with Gasteiger partial charge < -0.3 is 10.5 Å². The lowest BCUT2D eigenvalue weighted by Gasteiger charge is -2.18. The van der Waals surface area contributed by atoms with E-state index in [2.05, 4.69) is 0 Å². The van der Waals surface area contributed by atoms with Gasteiger partial charge in [0.1, 0.15) is 6.10 Å². The lowest BCUT2D eigenvalue weighted by molar-refractivity contribution is 0.204. The first-order chi connectivity index (χ1) is 9.10. The number of benzene rings is 2. The van der Waals surface area contributed by atoms with Crippen molar-refractivity contribution in [3.63, 3.8) is 0 Å². The minimum absolute atomic E-state index is 0.204. The van der Waals surface area contributed by atoms with Gasteiger partial charge in [0, 0.05) is 11.6 Å². The average molecular weight is 280 g/mol. The molecule has 1 atom stereocenters. The summed E-state index contributed by atoms with van der Waals surface area (Å²) in [6.07, 6.45) is -0.421. The molecule has 4 heteroatoms. The molecule has 0 bridgehead atoms. The molecule has 2 aromatic carbocycles. The van der Waals surface area contributed by atoms with E-state index in [1.807, 2.05) is 19.1 Å². The van der Waals surface area contributed by atoms with Crippen LogP contribution in [0.15, 0.2) is 42.5 Å². The Morgan fingerprint density at radius 3 is 2.74 bits per heavy atom.